The molecule has 4 heteroatoms. The number of carbonyl (C=O) groups excluding carboxylic acids is 2. The van der Waals surface area contributed by atoms with Crippen LogP contribution in [0.3, 0.4) is 0 Å². The maximum Gasteiger partial charge on any atom is 0.246 e. The quantitative estimate of drug-likeness (QED) is 0.856. The molecule has 1 atom stereocenters. The Morgan fingerprint density at radius 3 is 2.25 bits per heavy atom. The minimum Gasteiger partial charge on any atom is -0.301 e. The van der Waals surface area contributed by atoms with E-state index in [-0.39, 0.29) is 29.7 Å². The van der Waals surface area contributed by atoms with E-state index in [1.54, 1.807) is 0 Å². The van der Waals surface area contributed by atoms with Gasteiger partial charge in [-0.1, -0.05) is 45.0 Å². The Kier molecular flexibility index (Phi) is 3.95. The normalized spacial score (nSPS) is 19.8. The molecule has 1 unspecified atom stereocenters. The molecule has 0 saturated carbocycles. The fourth-order valence-corrected chi connectivity index (χ4v) is 2.28. The van der Waals surface area contributed by atoms with Crippen molar-refractivity contribution in [3.63, 3.8) is 0 Å². The van der Waals surface area contributed by atoms with Gasteiger partial charge in [0, 0.05) is 13.6 Å². The van der Waals surface area contributed by atoms with Gasteiger partial charge in [0.25, 0.3) is 0 Å². The Morgan fingerprint density at radius 1 is 1.20 bits per heavy atom. The van der Waals surface area contributed by atoms with Gasteiger partial charge in [-0.3, -0.25) is 14.5 Å². The van der Waals surface area contributed by atoms with Gasteiger partial charge in [0.15, 0.2) is 0 Å². The summed E-state index contributed by atoms with van der Waals surface area (Å²) in [7, 11) is 1.53. The second-order valence-electron chi connectivity index (χ2n) is 6.38. The zero-order valence-corrected chi connectivity index (χ0v) is 12.6. The highest BCUT2D eigenvalue weighted by Gasteiger charge is 2.35. The molecule has 2 rings (SSSR count). The van der Waals surface area contributed by atoms with Crippen LogP contribution in [-0.2, 0) is 21.5 Å². The molecule has 20 heavy (non-hydrogen) atoms. The summed E-state index contributed by atoms with van der Waals surface area (Å²) in [6, 6.07) is 7.99. The first-order valence-corrected chi connectivity index (χ1v) is 6.92. The second-order valence-corrected chi connectivity index (χ2v) is 6.38. The van der Waals surface area contributed by atoms with Crippen LogP contribution in [0, 0.1) is 0 Å². The largest absolute Gasteiger partial charge is 0.301 e. The molecular formula is C16H22N2O2. The van der Waals surface area contributed by atoms with Crippen molar-refractivity contribution in [1.82, 2.24) is 10.2 Å². The Labute approximate surface area is 120 Å². The Balaban J connectivity index is 1.95. The first kappa shape index (κ1) is 14.7. The highest BCUT2D eigenvalue weighted by atomic mass is 16.2. The highest BCUT2D eigenvalue weighted by molar-refractivity contribution is 6.05. The standard InChI is InChI=1S/C16H22N2O2/c1-16(2,3)12-7-5-11(6-8-12)10-17-13-9-14(19)18(4)15(13)20/h5-8,13,17H,9-10H2,1-4H3. The van der Waals surface area contributed by atoms with E-state index in [1.807, 2.05) is 0 Å². The van der Waals surface area contributed by atoms with Crippen LogP contribution in [0.5, 0.6) is 0 Å². The average molecular weight is 274 g/mol. The topological polar surface area (TPSA) is 49.4 Å². The van der Waals surface area contributed by atoms with Crippen LogP contribution >= 0.6 is 0 Å². The lowest BCUT2D eigenvalue weighted by Gasteiger charge is -2.19. The van der Waals surface area contributed by atoms with Crippen molar-refractivity contribution in [2.24, 2.45) is 0 Å². The number of hydrogen-bond donors (Lipinski definition) is 1. The molecule has 1 N–H and O–H groups in total. The number of hydrogen-bond acceptors (Lipinski definition) is 3. The maximum absolute atomic E-state index is 11.8. The van der Waals surface area contributed by atoms with E-state index in [9.17, 15) is 9.59 Å². The molecule has 1 heterocycles. The molecule has 0 aliphatic carbocycles. The average Bonchev–Trinajstić information content (AvgIpc) is 2.63. The predicted molar refractivity (Wildman–Crippen MR) is 78.2 cm³/mol. The fourth-order valence-electron chi connectivity index (χ4n) is 2.28. The lowest BCUT2D eigenvalue weighted by Crippen LogP contribution is -2.36. The number of likely N-dealkylation sites (tertiary alicyclic amines) is 1. The molecule has 0 bridgehead atoms. The number of benzene rings is 1. The molecule has 0 aromatic heterocycles. The molecule has 1 aliphatic rings. The third-order valence-corrected chi connectivity index (χ3v) is 3.75. The second kappa shape index (κ2) is 5.37. The molecule has 1 aromatic carbocycles. The van der Waals surface area contributed by atoms with Crippen molar-refractivity contribution in [1.29, 1.82) is 0 Å². The number of carbonyl (C=O) groups is 2. The number of rotatable bonds is 3. The first-order valence-electron chi connectivity index (χ1n) is 6.92. The van der Waals surface area contributed by atoms with Crippen molar-refractivity contribution >= 4 is 11.8 Å². The SMILES string of the molecule is CN1C(=O)CC(NCc2ccc(C(C)(C)C)cc2)C1=O. The summed E-state index contributed by atoms with van der Waals surface area (Å²) in [5.41, 5.74) is 2.54. The molecule has 1 saturated heterocycles. The smallest absolute Gasteiger partial charge is 0.246 e. The van der Waals surface area contributed by atoms with Gasteiger partial charge in [-0.05, 0) is 16.5 Å². The fraction of sp³-hybridized carbons (Fsp3) is 0.500. The highest BCUT2D eigenvalue weighted by Crippen LogP contribution is 2.22. The van der Waals surface area contributed by atoms with Crippen LogP contribution in [0.2, 0.25) is 0 Å². The van der Waals surface area contributed by atoms with Crippen LogP contribution in [0.25, 0.3) is 0 Å². The van der Waals surface area contributed by atoms with Gasteiger partial charge in [-0.25, -0.2) is 0 Å². The Bertz CT molecular complexity index is 514. The summed E-state index contributed by atoms with van der Waals surface area (Å²) >= 11 is 0. The van der Waals surface area contributed by atoms with Crippen molar-refractivity contribution in [3.05, 3.63) is 35.4 Å². The van der Waals surface area contributed by atoms with Crippen LogP contribution in [-0.4, -0.2) is 29.8 Å². The molecule has 4 nitrogen and oxygen atoms in total. The summed E-state index contributed by atoms with van der Waals surface area (Å²) in [4.78, 5) is 24.4. The lowest BCUT2D eigenvalue weighted by molar-refractivity contribution is -0.137. The summed E-state index contributed by atoms with van der Waals surface area (Å²) in [6.45, 7) is 7.14. The number of likely N-dealkylation sites (N-methyl/N-ethyl adjacent to an activating group) is 1. The van der Waals surface area contributed by atoms with Gasteiger partial charge in [-0.15, -0.1) is 0 Å². The van der Waals surface area contributed by atoms with Crippen LogP contribution < -0.4 is 5.32 Å². The third kappa shape index (κ3) is 3.07. The van der Waals surface area contributed by atoms with Gasteiger partial charge in [0.2, 0.25) is 11.8 Å². The predicted octanol–water partition coefficient (Wildman–Crippen LogP) is 1.83. The lowest BCUT2D eigenvalue weighted by atomic mass is 9.87. The van der Waals surface area contributed by atoms with Crippen molar-refractivity contribution in [3.8, 4) is 0 Å². The molecule has 1 fully saturated rings. The van der Waals surface area contributed by atoms with Gasteiger partial charge in [0.05, 0.1) is 12.5 Å². The minimum atomic E-state index is -0.380. The van der Waals surface area contributed by atoms with E-state index < -0.39 is 0 Å². The summed E-state index contributed by atoms with van der Waals surface area (Å²) < 4.78 is 0. The third-order valence-electron chi connectivity index (χ3n) is 3.75. The monoisotopic (exact) mass is 274 g/mol. The molecule has 108 valence electrons. The summed E-state index contributed by atoms with van der Waals surface area (Å²) in [5.74, 6) is -0.253. The van der Waals surface area contributed by atoms with E-state index in [1.165, 1.54) is 17.5 Å². The van der Waals surface area contributed by atoms with Crippen LogP contribution in [0.15, 0.2) is 24.3 Å². The molecule has 2 amide bonds. The molecule has 0 spiro atoms. The van der Waals surface area contributed by atoms with Gasteiger partial charge in [0.1, 0.15) is 0 Å². The Morgan fingerprint density at radius 2 is 1.80 bits per heavy atom. The zero-order chi connectivity index (χ0) is 14.9. The molecule has 1 aromatic rings. The number of imide groups is 1. The van der Waals surface area contributed by atoms with E-state index in [4.69, 9.17) is 0 Å². The van der Waals surface area contributed by atoms with Crippen molar-refractivity contribution < 1.29 is 9.59 Å². The van der Waals surface area contributed by atoms with E-state index >= 15 is 0 Å². The summed E-state index contributed by atoms with van der Waals surface area (Å²) in [5, 5.41) is 3.15. The minimum absolute atomic E-state index is 0.115. The maximum atomic E-state index is 11.8. The molecular weight excluding hydrogens is 252 g/mol. The van der Waals surface area contributed by atoms with E-state index in [0.717, 1.165) is 5.56 Å². The zero-order valence-electron chi connectivity index (χ0n) is 12.6. The number of amides is 2. The summed E-state index contributed by atoms with van der Waals surface area (Å²) in [6.07, 6.45) is 0.259. The van der Waals surface area contributed by atoms with E-state index in [0.29, 0.717) is 6.54 Å². The van der Waals surface area contributed by atoms with Gasteiger partial charge in [-0.2, -0.15) is 0 Å². The van der Waals surface area contributed by atoms with E-state index in [2.05, 4.69) is 50.4 Å². The number of nitrogens with zero attached hydrogens (tertiary/aromatic N) is 1. The van der Waals surface area contributed by atoms with Crippen molar-refractivity contribution in [2.75, 3.05) is 7.05 Å². The van der Waals surface area contributed by atoms with Crippen LogP contribution in [0.1, 0.15) is 38.3 Å². The molecule has 0 radical (unpaired) electrons. The molecule has 1 aliphatic heterocycles. The Hall–Kier alpha value is -1.68. The number of nitrogens with one attached hydrogen (secondary N) is 1. The first-order chi connectivity index (χ1) is 9.29. The van der Waals surface area contributed by atoms with Crippen molar-refractivity contribution in [2.45, 2.75) is 45.2 Å². The van der Waals surface area contributed by atoms with Gasteiger partial charge >= 0.3 is 0 Å². The van der Waals surface area contributed by atoms with Gasteiger partial charge < -0.3 is 5.32 Å². The van der Waals surface area contributed by atoms with Crippen LogP contribution in [0.4, 0.5) is 0 Å².